The molecule has 0 radical (unpaired) electrons. The largest absolute Gasteiger partial charge is 0.398 e. The van der Waals surface area contributed by atoms with Crippen molar-refractivity contribution in [3.05, 3.63) is 65.7 Å². The van der Waals surface area contributed by atoms with Gasteiger partial charge >= 0.3 is 0 Å². The maximum absolute atomic E-state index is 11.9. The molecule has 0 aliphatic rings. The molecule has 4 heteroatoms. The van der Waals surface area contributed by atoms with Crippen LogP contribution in [0.2, 0.25) is 0 Å². The fourth-order valence-corrected chi connectivity index (χ4v) is 2.12. The van der Waals surface area contributed by atoms with Gasteiger partial charge in [0.2, 0.25) is 5.91 Å². The lowest BCUT2D eigenvalue weighted by Crippen LogP contribution is -2.34. The van der Waals surface area contributed by atoms with Crippen LogP contribution in [-0.2, 0) is 17.9 Å². The fourth-order valence-electron chi connectivity index (χ4n) is 2.12. The van der Waals surface area contributed by atoms with Crippen LogP contribution in [0.1, 0.15) is 11.1 Å². The van der Waals surface area contributed by atoms with E-state index in [0.717, 1.165) is 16.8 Å². The summed E-state index contributed by atoms with van der Waals surface area (Å²) in [5.74, 6) is 0.0101. The Bertz CT molecular complexity index is 584. The minimum atomic E-state index is 0.0101. The third kappa shape index (κ3) is 4.93. The van der Waals surface area contributed by atoms with Gasteiger partial charge in [-0.25, -0.2) is 0 Å². The lowest BCUT2D eigenvalue weighted by atomic mass is 10.2. The van der Waals surface area contributed by atoms with E-state index in [1.54, 1.807) is 0 Å². The first-order valence-electron chi connectivity index (χ1n) is 6.97. The van der Waals surface area contributed by atoms with E-state index in [9.17, 15) is 4.79 Å². The second-order valence-electron chi connectivity index (χ2n) is 5.13. The first-order valence-corrected chi connectivity index (χ1v) is 6.97. The van der Waals surface area contributed by atoms with E-state index >= 15 is 0 Å². The maximum atomic E-state index is 11.9. The highest BCUT2D eigenvalue weighted by Crippen LogP contribution is 2.12. The van der Waals surface area contributed by atoms with E-state index in [1.165, 1.54) is 0 Å². The number of carbonyl (C=O) groups excluding carboxylic acids is 1. The molecule has 0 fully saturated rings. The van der Waals surface area contributed by atoms with E-state index in [4.69, 9.17) is 5.73 Å². The van der Waals surface area contributed by atoms with E-state index < -0.39 is 0 Å². The number of rotatable bonds is 6. The van der Waals surface area contributed by atoms with Crippen molar-refractivity contribution in [1.29, 1.82) is 0 Å². The molecule has 0 heterocycles. The summed E-state index contributed by atoms with van der Waals surface area (Å²) in [6.45, 7) is 1.56. The van der Waals surface area contributed by atoms with Gasteiger partial charge in [0.25, 0.3) is 0 Å². The zero-order valence-electron chi connectivity index (χ0n) is 12.3. The minimum Gasteiger partial charge on any atom is -0.398 e. The zero-order valence-corrected chi connectivity index (χ0v) is 12.3. The predicted molar refractivity (Wildman–Crippen MR) is 85.5 cm³/mol. The van der Waals surface area contributed by atoms with Crippen molar-refractivity contribution in [1.82, 2.24) is 10.2 Å². The van der Waals surface area contributed by atoms with Crippen molar-refractivity contribution in [3.8, 4) is 0 Å². The third-order valence-electron chi connectivity index (χ3n) is 3.24. The number of hydrogen-bond acceptors (Lipinski definition) is 3. The van der Waals surface area contributed by atoms with Crippen molar-refractivity contribution in [2.45, 2.75) is 13.1 Å². The Morgan fingerprint density at radius 2 is 1.76 bits per heavy atom. The van der Waals surface area contributed by atoms with Gasteiger partial charge in [0.05, 0.1) is 6.54 Å². The highest BCUT2D eigenvalue weighted by Gasteiger charge is 2.08. The summed E-state index contributed by atoms with van der Waals surface area (Å²) in [5.41, 5.74) is 8.80. The molecule has 0 atom stereocenters. The molecule has 0 aliphatic carbocycles. The molecule has 21 heavy (non-hydrogen) atoms. The van der Waals surface area contributed by atoms with Gasteiger partial charge in [0.15, 0.2) is 0 Å². The van der Waals surface area contributed by atoms with Crippen LogP contribution in [-0.4, -0.2) is 24.4 Å². The van der Waals surface area contributed by atoms with Gasteiger partial charge in [-0.15, -0.1) is 0 Å². The number of benzene rings is 2. The number of amides is 1. The average molecular weight is 283 g/mol. The van der Waals surface area contributed by atoms with Gasteiger partial charge in [0.1, 0.15) is 0 Å². The summed E-state index contributed by atoms with van der Waals surface area (Å²) in [6, 6.07) is 17.6. The topological polar surface area (TPSA) is 58.4 Å². The third-order valence-corrected chi connectivity index (χ3v) is 3.24. The van der Waals surface area contributed by atoms with Crippen LogP contribution in [0, 0.1) is 0 Å². The van der Waals surface area contributed by atoms with Crippen LogP contribution in [0.25, 0.3) is 0 Å². The van der Waals surface area contributed by atoms with Crippen molar-refractivity contribution in [3.63, 3.8) is 0 Å². The van der Waals surface area contributed by atoms with Crippen molar-refractivity contribution in [2.75, 3.05) is 19.3 Å². The van der Waals surface area contributed by atoms with Crippen molar-refractivity contribution in [2.24, 2.45) is 0 Å². The molecule has 0 aliphatic heterocycles. The van der Waals surface area contributed by atoms with Gasteiger partial charge in [-0.2, -0.15) is 0 Å². The quantitative estimate of drug-likeness (QED) is 0.797. The van der Waals surface area contributed by atoms with E-state index in [1.807, 2.05) is 66.5 Å². The number of nitrogens with two attached hydrogens (primary N) is 1. The first kappa shape index (κ1) is 15.1. The molecule has 0 spiro atoms. The Morgan fingerprint density at radius 3 is 2.48 bits per heavy atom. The summed E-state index contributed by atoms with van der Waals surface area (Å²) in [6.07, 6.45) is 0. The normalized spacial score (nSPS) is 10.6. The number of nitrogen functional groups attached to an aromatic ring is 1. The summed E-state index contributed by atoms with van der Waals surface area (Å²) >= 11 is 0. The maximum Gasteiger partial charge on any atom is 0.234 e. The molecule has 3 N–H and O–H groups in total. The Hall–Kier alpha value is -2.33. The Balaban J connectivity index is 1.78. The molecule has 1 amide bonds. The number of carbonyl (C=O) groups is 1. The van der Waals surface area contributed by atoms with Gasteiger partial charge in [-0.3, -0.25) is 9.69 Å². The Kier molecular flexibility index (Phi) is 5.35. The number of nitrogens with one attached hydrogen (secondary N) is 1. The first-order chi connectivity index (χ1) is 10.1. The second kappa shape index (κ2) is 7.45. The average Bonchev–Trinajstić information content (AvgIpc) is 2.48. The number of anilines is 1. The highest BCUT2D eigenvalue weighted by atomic mass is 16.2. The minimum absolute atomic E-state index is 0.0101. The predicted octanol–water partition coefficient (Wildman–Crippen LogP) is 2.02. The van der Waals surface area contributed by atoms with Crippen LogP contribution in [0.15, 0.2) is 54.6 Å². The van der Waals surface area contributed by atoms with Gasteiger partial charge < -0.3 is 11.1 Å². The molecule has 0 aromatic heterocycles. The van der Waals surface area contributed by atoms with Gasteiger partial charge in [-0.05, 0) is 24.2 Å². The molecule has 0 unspecified atom stereocenters. The zero-order chi connectivity index (χ0) is 15.1. The molecule has 110 valence electrons. The number of hydrogen-bond donors (Lipinski definition) is 2. The van der Waals surface area contributed by atoms with Crippen LogP contribution >= 0.6 is 0 Å². The molecule has 2 aromatic carbocycles. The highest BCUT2D eigenvalue weighted by molar-refractivity contribution is 5.78. The Labute approximate surface area is 125 Å². The SMILES string of the molecule is CN(CC(=O)NCc1ccccc1)Cc1ccccc1N. The molecule has 0 bridgehead atoms. The van der Waals surface area contributed by atoms with Crippen molar-refractivity contribution < 1.29 is 4.79 Å². The summed E-state index contributed by atoms with van der Waals surface area (Å²) < 4.78 is 0. The van der Waals surface area contributed by atoms with E-state index in [-0.39, 0.29) is 5.91 Å². The van der Waals surface area contributed by atoms with Crippen LogP contribution in [0.4, 0.5) is 5.69 Å². The standard InChI is InChI=1S/C17H21N3O/c1-20(12-15-9-5-6-10-16(15)18)13-17(21)19-11-14-7-3-2-4-8-14/h2-10H,11-13,18H2,1H3,(H,19,21). The van der Waals surface area contributed by atoms with Crippen molar-refractivity contribution >= 4 is 11.6 Å². The van der Waals surface area contributed by atoms with Gasteiger partial charge in [-0.1, -0.05) is 48.5 Å². The second-order valence-corrected chi connectivity index (χ2v) is 5.13. The Morgan fingerprint density at radius 1 is 1.10 bits per heavy atom. The van der Waals surface area contributed by atoms with Crippen LogP contribution in [0.5, 0.6) is 0 Å². The van der Waals surface area contributed by atoms with E-state index in [2.05, 4.69) is 5.32 Å². The van der Waals surface area contributed by atoms with E-state index in [0.29, 0.717) is 19.6 Å². The summed E-state index contributed by atoms with van der Waals surface area (Å²) in [5, 5.41) is 2.92. The molecular weight excluding hydrogens is 262 g/mol. The van der Waals surface area contributed by atoms with Gasteiger partial charge in [0, 0.05) is 18.8 Å². The molecule has 2 rings (SSSR count). The lowest BCUT2D eigenvalue weighted by Gasteiger charge is -2.17. The monoisotopic (exact) mass is 283 g/mol. The van der Waals surface area contributed by atoms with Crippen LogP contribution in [0.3, 0.4) is 0 Å². The summed E-state index contributed by atoms with van der Waals surface area (Å²) in [4.78, 5) is 13.9. The fraction of sp³-hybridized carbons (Fsp3) is 0.235. The lowest BCUT2D eigenvalue weighted by molar-refractivity contribution is -0.122. The number of nitrogens with zero attached hydrogens (tertiary/aromatic N) is 1. The molecule has 4 nitrogen and oxygen atoms in total. The number of para-hydroxylation sites is 1. The summed E-state index contributed by atoms with van der Waals surface area (Å²) in [7, 11) is 1.91. The molecule has 0 saturated heterocycles. The molecule has 0 saturated carbocycles. The number of likely N-dealkylation sites (N-methyl/N-ethyl adjacent to an activating group) is 1. The molecular formula is C17H21N3O. The molecule has 2 aromatic rings. The van der Waals surface area contributed by atoms with Crippen LogP contribution < -0.4 is 11.1 Å². The smallest absolute Gasteiger partial charge is 0.234 e.